The fourth-order valence-corrected chi connectivity index (χ4v) is 1.65. The third-order valence-corrected chi connectivity index (χ3v) is 2.36. The van der Waals surface area contributed by atoms with E-state index in [0.717, 1.165) is 10.6 Å². The number of ketones is 1. The molecule has 1 aliphatic rings. The molecule has 2 nitrogen and oxygen atoms in total. The molecule has 3 heteroatoms. The molecule has 0 saturated carbocycles. The molecule has 2 rings (SSSR count). The quantitative estimate of drug-likeness (QED) is 0.534. The van der Waals surface area contributed by atoms with Gasteiger partial charge < -0.3 is 0 Å². The summed E-state index contributed by atoms with van der Waals surface area (Å²) in [5.41, 5.74) is 0. The zero-order chi connectivity index (χ0) is 8.39. The van der Waals surface area contributed by atoms with E-state index < -0.39 is 0 Å². The van der Waals surface area contributed by atoms with Crippen LogP contribution in [0.1, 0.15) is 0 Å². The van der Waals surface area contributed by atoms with Gasteiger partial charge >= 0.3 is 0 Å². The molecule has 1 aliphatic heterocycles. The molecule has 0 aromatic heterocycles. The van der Waals surface area contributed by atoms with Gasteiger partial charge in [-0.3, -0.25) is 4.79 Å². The highest BCUT2D eigenvalue weighted by molar-refractivity contribution is 7.98. The van der Waals surface area contributed by atoms with Crippen molar-refractivity contribution in [2.45, 2.75) is 0 Å². The minimum atomic E-state index is 0.133. The van der Waals surface area contributed by atoms with Crippen molar-refractivity contribution in [2.24, 2.45) is 4.40 Å². The Balaban J connectivity index is 2.76. The van der Waals surface area contributed by atoms with Gasteiger partial charge in [0, 0.05) is 5.22 Å². The molecule has 0 saturated heterocycles. The fourth-order valence-electron chi connectivity index (χ4n) is 1.07. The second-order valence-corrected chi connectivity index (χ2v) is 3.26. The molecule has 0 unspecified atom stereocenters. The first-order valence-corrected chi connectivity index (χ1v) is 4.60. The van der Waals surface area contributed by atoms with Crippen molar-refractivity contribution in [3.63, 3.8) is 0 Å². The Labute approximate surface area is 74.1 Å². The first-order valence-electron chi connectivity index (χ1n) is 3.66. The lowest BCUT2D eigenvalue weighted by Gasteiger charge is -1.83. The molecular weight excluding hydrogens is 170 g/mol. The second-order valence-electron chi connectivity index (χ2n) is 2.53. The number of hydrogen-bond acceptors (Lipinski definition) is 3. The molecule has 12 heavy (non-hydrogen) atoms. The first-order chi connectivity index (χ1) is 5.86. The minimum Gasteiger partial charge on any atom is -0.294 e. The topological polar surface area (TPSA) is 29.4 Å². The number of hydrogen-bond donors (Lipinski definition) is 0. The molecular formula is C9H7NOS. The SMILES string of the molecule is O=C1C=c2ccccc2=NSC1. The zero-order valence-electron chi connectivity index (χ0n) is 6.36. The summed E-state index contributed by atoms with van der Waals surface area (Å²) < 4.78 is 4.20. The maximum atomic E-state index is 11.1. The molecule has 1 aromatic carbocycles. The summed E-state index contributed by atoms with van der Waals surface area (Å²) in [6.07, 6.45) is 1.65. The Morgan fingerprint density at radius 1 is 1.33 bits per heavy atom. The Hall–Kier alpha value is -1.09. The number of fused-ring (bicyclic) bond motifs is 1. The van der Waals surface area contributed by atoms with Crippen LogP contribution in [-0.4, -0.2) is 11.5 Å². The summed E-state index contributed by atoms with van der Waals surface area (Å²) in [6, 6.07) is 7.65. The summed E-state index contributed by atoms with van der Waals surface area (Å²) in [7, 11) is 0. The van der Waals surface area contributed by atoms with E-state index in [4.69, 9.17) is 0 Å². The van der Waals surface area contributed by atoms with Gasteiger partial charge in [-0.25, -0.2) is 4.40 Å². The van der Waals surface area contributed by atoms with Crippen molar-refractivity contribution < 1.29 is 4.79 Å². The zero-order valence-corrected chi connectivity index (χ0v) is 7.17. The van der Waals surface area contributed by atoms with Gasteiger partial charge in [-0.2, -0.15) is 0 Å². The molecule has 0 fully saturated rings. The average molecular weight is 177 g/mol. The fraction of sp³-hybridized carbons (Fsp3) is 0.111. The van der Waals surface area contributed by atoms with E-state index in [2.05, 4.69) is 4.40 Å². The molecule has 0 atom stereocenters. The van der Waals surface area contributed by atoms with Gasteiger partial charge in [-0.05, 0) is 24.1 Å². The highest BCUT2D eigenvalue weighted by Crippen LogP contribution is 2.01. The second kappa shape index (κ2) is 3.11. The highest BCUT2D eigenvalue weighted by Gasteiger charge is 2.00. The molecule has 0 radical (unpaired) electrons. The number of rotatable bonds is 0. The van der Waals surface area contributed by atoms with Gasteiger partial charge in [0.25, 0.3) is 0 Å². The van der Waals surface area contributed by atoms with E-state index in [-0.39, 0.29) is 5.78 Å². The lowest BCUT2D eigenvalue weighted by atomic mass is 10.2. The van der Waals surface area contributed by atoms with Crippen molar-refractivity contribution in [1.29, 1.82) is 0 Å². The third kappa shape index (κ3) is 1.41. The van der Waals surface area contributed by atoms with Crippen molar-refractivity contribution in [1.82, 2.24) is 0 Å². The molecule has 0 N–H and O–H groups in total. The number of benzene rings is 1. The molecule has 0 aliphatic carbocycles. The van der Waals surface area contributed by atoms with Gasteiger partial charge in [0.1, 0.15) is 0 Å². The van der Waals surface area contributed by atoms with E-state index >= 15 is 0 Å². The van der Waals surface area contributed by atoms with Gasteiger partial charge in [0.2, 0.25) is 0 Å². The monoisotopic (exact) mass is 177 g/mol. The largest absolute Gasteiger partial charge is 0.294 e. The number of Topliss-reactive ketones (excluding diaryl/α,β-unsaturated/α-hetero) is 1. The Morgan fingerprint density at radius 2 is 2.17 bits per heavy atom. The first kappa shape index (κ1) is 7.55. The normalized spacial score (nSPS) is 15.5. The van der Waals surface area contributed by atoms with Crippen molar-refractivity contribution in [3.8, 4) is 0 Å². The highest BCUT2D eigenvalue weighted by atomic mass is 32.2. The van der Waals surface area contributed by atoms with Crippen LogP contribution in [0.2, 0.25) is 0 Å². The summed E-state index contributed by atoms with van der Waals surface area (Å²) in [5, 5.41) is 1.82. The van der Waals surface area contributed by atoms with Crippen LogP contribution >= 0.6 is 11.9 Å². The maximum Gasteiger partial charge on any atom is 0.168 e. The lowest BCUT2D eigenvalue weighted by Crippen LogP contribution is -2.23. The molecule has 60 valence electrons. The van der Waals surface area contributed by atoms with Crippen LogP contribution in [0, 0.1) is 0 Å². The number of nitrogens with zero attached hydrogens (tertiary/aromatic N) is 1. The van der Waals surface area contributed by atoms with Crippen LogP contribution in [0.4, 0.5) is 0 Å². The summed E-state index contributed by atoms with van der Waals surface area (Å²) in [5.74, 6) is 0.586. The van der Waals surface area contributed by atoms with E-state index in [1.54, 1.807) is 6.08 Å². The van der Waals surface area contributed by atoms with Crippen LogP contribution in [0.3, 0.4) is 0 Å². The molecule has 0 bridgehead atoms. The van der Waals surface area contributed by atoms with Crippen LogP contribution < -0.4 is 10.6 Å². The van der Waals surface area contributed by atoms with Crippen molar-refractivity contribution in [2.75, 3.05) is 5.75 Å². The van der Waals surface area contributed by atoms with E-state index in [9.17, 15) is 4.79 Å². The smallest absolute Gasteiger partial charge is 0.168 e. The van der Waals surface area contributed by atoms with Gasteiger partial charge in [-0.1, -0.05) is 18.2 Å². The van der Waals surface area contributed by atoms with Crippen LogP contribution in [-0.2, 0) is 4.79 Å². The maximum absolute atomic E-state index is 11.1. The summed E-state index contributed by atoms with van der Waals surface area (Å²) >= 11 is 1.31. The van der Waals surface area contributed by atoms with Crippen LogP contribution in [0.5, 0.6) is 0 Å². The van der Waals surface area contributed by atoms with E-state index in [1.165, 1.54) is 11.9 Å². The van der Waals surface area contributed by atoms with Crippen molar-refractivity contribution in [3.05, 3.63) is 34.8 Å². The Bertz CT molecular complexity index is 424. The van der Waals surface area contributed by atoms with Crippen LogP contribution in [0.15, 0.2) is 28.7 Å². The van der Waals surface area contributed by atoms with Gasteiger partial charge in [-0.15, -0.1) is 0 Å². The summed E-state index contributed by atoms with van der Waals surface area (Å²) in [4.78, 5) is 11.1. The van der Waals surface area contributed by atoms with Gasteiger partial charge in [0.05, 0.1) is 11.1 Å². The molecule has 0 amide bonds. The number of carbonyl (C=O) groups excluding carboxylic acids is 1. The van der Waals surface area contributed by atoms with Crippen molar-refractivity contribution >= 4 is 23.8 Å². The standard InChI is InChI=1S/C9H7NOS/c11-8-5-7-3-1-2-4-9(7)10-12-6-8/h1-5H,6H2. The Morgan fingerprint density at radius 3 is 3.08 bits per heavy atom. The molecule has 1 heterocycles. The summed E-state index contributed by atoms with van der Waals surface area (Å²) in [6.45, 7) is 0. The van der Waals surface area contributed by atoms with Gasteiger partial charge in [0.15, 0.2) is 5.78 Å². The molecule has 1 aromatic rings. The third-order valence-electron chi connectivity index (χ3n) is 1.62. The molecule has 0 spiro atoms. The van der Waals surface area contributed by atoms with Crippen LogP contribution in [0.25, 0.3) is 6.08 Å². The lowest BCUT2D eigenvalue weighted by molar-refractivity contribution is -0.111. The Kier molecular flexibility index (Phi) is 1.96. The number of carbonyl (C=O) groups is 1. The predicted molar refractivity (Wildman–Crippen MR) is 49.2 cm³/mol. The minimum absolute atomic E-state index is 0.133. The predicted octanol–water partition coefficient (Wildman–Crippen LogP) is 0.318. The van der Waals surface area contributed by atoms with E-state index in [0.29, 0.717) is 5.75 Å². The van der Waals surface area contributed by atoms with E-state index in [1.807, 2.05) is 24.3 Å². The average Bonchev–Trinajstić information content (AvgIpc) is 2.25.